The molecule has 2 N–H and O–H groups in total. The lowest BCUT2D eigenvalue weighted by Crippen LogP contribution is -2.39. The lowest BCUT2D eigenvalue weighted by molar-refractivity contribution is 0.320. The molecule has 56 valence electrons. The number of rotatable bonds is 4. The third-order valence-electron chi connectivity index (χ3n) is 1.62. The van der Waals surface area contributed by atoms with Crippen LogP contribution in [0.1, 0.15) is 13.3 Å². The zero-order valence-corrected chi connectivity index (χ0v) is 7.22. The summed E-state index contributed by atoms with van der Waals surface area (Å²) in [5.74, 6) is 0. The van der Waals surface area contributed by atoms with Crippen molar-refractivity contribution in [3.63, 3.8) is 0 Å². The van der Waals surface area contributed by atoms with Crippen LogP contribution >= 0.6 is 0 Å². The van der Waals surface area contributed by atoms with Crippen molar-refractivity contribution in [3.8, 4) is 0 Å². The van der Waals surface area contributed by atoms with Crippen molar-refractivity contribution in [2.45, 2.75) is 25.9 Å². The van der Waals surface area contributed by atoms with Crippen molar-refractivity contribution in [2.24, 2.45) is 0 Å². The molecule has 2 nitrogen and oxygen atoms in total. The average molecular weight is 148 g/mol. The van der Waals surface area contributed by atoms with Gasteiger partial charge in [0.1, 0.15) is 8.07 Å². The fraction of sp³-hybridized carbons (Fsp3) is 1.00. The molecule has 0 rings (SSSR count). The summed E-state index contributed by atoms with van der Waals surface area (Å²) >= 11 is 0. The van der Waals surface area contributed by atoms with Gasteiger partial charge in [-0.2, -0.15) is 0 Å². The minimum absolute atomic E-state index is 0.220. The maximum atomic E-state index is 8.82. The van der Waals surface area contributed by atoms with E-state index in [1.165, 1.54) is 0 Å². The van der Waals surface area contributed by atoms with Crippen LogP contribution in [0.3, 0.4) is 0 Å². The van der Waals surface area contributed by atoms with E-state index in [-0.39, 0.29) is 12.5 Å². The smallest absolute Gasteiger partial charge is 0.109 e. The van der Waals surface area contributed by atoms with E-state index in [0.717, 1.165) is 12.5 Å². The van der Waals surface area contributed by atoms with Gasteiger partial charge in [0, 0.05) is 12.5 Å². The Labute approximate surface area is 57.5 Å². The Morgan fingerprint density at radius 3 is 1.78 bits per heavy atom. The van der Waals surface area contributed by atoms with Gasteiger partial charge >= 0.3 is 0 Å². The summed E-state index contributed by atoms with van der Waals surface area (Å²) in [6.45, 7) is 4.10. The van der Waals surface area contributed by atoms with Gasteiger partial charge in [0.2, 0.25) is 0 Å². The molecule has 0 atom stereocenters. The second-order valence-electron chi connectivity index (χ2n) is 2.88. The Morgan fingerprint density at radius 2 is 1.67 bits per heavy atom. The average Bonchev–Trinajstić information content (AvgIpc) is 1.89. The van der Waals surface area contributed by atoms with Crippen molar-refractivity contribution < 1.29 is 10.2 Å². The Balaban J connectivity index is 3.62. The highest BCUT2D eigenvalue weighted by atomic mass is 28.3. The first-order valence-electron chi connectivity index (χ1n) is 3.40. The van der Waals surface area contributed by atoms with E-state index in [1.807, 2.05) is 6.55 Å². The summed E-state index contributed by atoms with van der Waals surface area (Å²) in [6.07, 6.45) is 1.51. The van der Waals surface area contributed by atoms with Gasteiger partial charge in [-0.15, -0.1) is 0 Å². The van der Waals surface area contributed by atoms with Gasteiger partial charge in [-0.3, -0.25) is 0 Å². The molecule has 0 aromatic heterocycles. The van der Waals surface area contributed by atoms with Gasteiger partial charge in [-0.25, -0.2) is 0 Å². The van der Waals surface area contributed by atoms with E-state index in [0.29, 0.717) is 0 Å². The van der Waals surface area contributed by atoms with E-state index in [4.69, 9.17) is 10.2 Å². The van der Waals surface area contributed by atoms with E-state index in [2.05, 4.69) is 6.92 Å². The highest BCUT2D eigenvalue weighted by Crippen LogP contribution is 2.09. The van der Waals surface area contributed by atoms with Crippen molar-refractivity contribution >= 4 is 8.07 Å². The summed E-state index contributed by atoms with van der Waals surface area (Å²) in [7, 11) is -1.59. The standard InChI is InChI=1S/C6H16O2Si/c1-3-4-9(2,5-7)6-8/h7-8H,3-6H2,1-2H3. The largest absolute Gasteiger partial charge is 0.400 e. The predicted molar refractivity (Wildman–Crippen MR) is 40.9 cm³/mol. The molecule has 0 aliphatic rings. The lowest BCUT2D eigenvalue weighted by atomic mass is 10.6. The highest BCUT2D eigenvalue weighted by Gasteiger charge is 2.23. The van der Waals surface area contributed by atoms with E-state index in [9.17, 15) is 0 Å². The summed E-state index contributed by atoms with van der Waals surface area (Å²) in [4.78, 5) is 0. The van der Waals surface area contributed by atoms with Crippen molar-refractivity contribution in [3.05, 3.63) is 0 Å². The minimum Gasteiger partial charge on any atom is -0.400 e. The SMILES string of the molecule is CCC[Si](C)(CO)CO. The first-order valence-corrected chi connectivity index (χ1v) is 6.52. The molecule has 0 heterocycles. The quantitative estimate of drug-likeness (QED) is 0.571. The fourth-order valence-corrected chi connectivity index (χ4v) is 2.44. The van der Waals surface area contributed by atoms with Crippen LogP contribution < -0.4 is 0 Å². The molecular formula is C6H16O2Si. The van der Waals surface area contributed by atoms with Crippen molar-refractivity contribution in [1.82, 2.24) is 0 Å². The Kier molecular flexibility index (Phi) is 4.09. The van der Waals surface area contributed by atoms with Gasteiger partial charge in [-0.1, -0.05) is 25.9 Å². The number of hydrogen-bond acceptors (Lipinski definition) is 2. The first kappa shape index (κ1) is 9.14. The van der Waals surface area contributed by atoms with Crippen molar-refractivity contribution in [1.29, 1.82) is 0 Å². The van der Waals surface area contributed by atoms with Crippen LogP contribution in [-0.4, -0.2) is 30.7 Å². The molecular weight excluding hydrogens is 132 g/mol. The van der Waals surface area contributed by atoms with Gasteiger partial charge in [0.25, 0.3) is 0 Å². The number of hydrogen-bond donors (Lipinski definition) is 2. The van der Waals surface area contributed by atoms with E-state index in [1.54, 1.807) is 0 Å². The van der Waals surface area contributed by atoms with Crippen LogP contribution in [0.15, 0.2) is 0 Å². The van der Waals surface area contributed by atoms with Crippen LogP contribution in [0.4, 0.5) is 0 Å². The molecule has 0 saturated heterocycles. The monoisotopic (exact) mass is 148 g/mol. The summed E-state index contributed by atoms with van der Waals surface area (Å²) in [5, 5.41) is 17.6. The molecule has 9 heavy (non-hydrogen) atoms. The van der Waals surface area contributed by atoms with E-state index >= 15 is 0 Å². The number of aliphatic hydroxyl groups is 2. The molecule has 0 aromatic carbocycles. The third-order valence-corrected chi connectivity index (χ3v) is 4.85. The fourth-order valence-electron chi connectivity index (χ4n) is 0.812. The van der Waals surface area contributed by atoms with Crippen LogP contribution in [0, 0.1) is 0 Å². The van der Waals surface area contributed by atoms with Crippen LogP contribution in [0.25, 0.3) is 0 Å². The second kappa shape index (κ2) is 4.03. The molecule has 0 saturated carbocycles. The highest BCUT2D eigenvalue weighted by molar-refractivity contribution is 6.78. The Morgan fingerprint density at radius 1 is 1.22 bits per heavy atom. The van der Waals surface area contributed by atoms with Crippen LogP contribution in [0.5, 0.6) is 0 Å². The molecule has 0 bridgehead atoms. The zero-order valence-electron chi connectivity index (χ0n) is 6.22. The summed E-state index contributed by atoms with van der Waals surface area (Å²) in [5.41, 5.74) is 0. The zero-order chi connectivity index (χ0) is 7.33. The molecule has 0 unspecified atom stereocenters. The molecule has 0 radical (unpaired) electrons. The second-order valence-corrected chi connectivity index (χ2v) is 7.63. The summed E-state index contributed by atoms with van der Waals surface area (Å²) in [6, 6.07) is 1.03. The van der Waals surface area contributed by atoms with E-state index < -0.39 is 8.07 Å². The molecule has 3 heteroatoms. The minimum atomic E-state index is -1.59. The van der Waals surface area contributed by atoms with Gasteiger partial charge in [-0.05, 0) is 0 Å². The molecule has 0 spiro atoms. The van der Waals surface area contributed by atoms with Gasteiger partial charge in [0.15, 0.2) is 0 Å². The molecule has 0 aliphatic carbocycles. The first-order chi connectivity index (χ1) is 4.18. The van der Waals surface area contributed by atoms with Gasteiger partial charge < -0.3 is 10.2 Å². The topological polar surface area (TPSA) is 40.5 Å². The molecule has 0 aromatic rings. The lowest BCUT2D eigenvalue weighted by Gasteiger charge is -2.20. The van der Waals surface area contributed by atoms with Gasteiger partial charge in [0.05, 0.1) is 0 Å². The van der Waals surface area contributed by atoms with Crippen LogP contribution in [-0.2, 0) is 0 Å². The Hall–Kier alpha value is 0.137. The molecule has 0 amide bonds. The maximum absolute atomic E-state index is 8.82. The molecule has 0 aliphatic heterocycles. The normalized spacial score (nSPS) is 12.0. The van der Waals surface area contributed by atoms with Crippen LogP contribution in [0.2, 0.25) is 12.6 Å². The Bertz CT molecular complexity index is 71.5. The van der Waals surface area contributed by atoms with Crippen molar-refractivity contribution in [2.75, 3.05) is 12.5 Å². The number of aliphatic hydroxyl groups excluding tert-OH is 2. The predicted octanol–water partition coefficient (Wildman–Crippen LogP) is 0.538. The third kappa shape index (κ3) is 2.98. The maximum Gasteiger partial charge on any atom is 0.109 e. The summed E-state index contributed by atoms with van der Waals surface area (Å²) < 4.78 is 0. The molecule has 0 fully saturated rings.